The molecule has 0 fully saturated rings. The number of methoxy groups -OCH3 is 1. The number of nitrogens with one attached hydrogen (secondary N) is 1. The minimum Gasteiger partial charge on any atom is -0.465 e. The summed E-state index contributed by atoms with van der Waals surface area (Å²) < 4.78 is 20.7. The summed E-state index contributed by atoms with van der Waals surface area (Å²) in [5.74, 6) is -0.262. The average Bonchev–Trinajstić information content (AvgIpc) is 2.94. The van der Waals surface area contributed by atoms with Crippen LogP contribution in [0.3, 0.4) is 0 Å². The number of para-hydroxylation sites is 2. The zero-order valence-electron chi connectivity index (χ0n) is 14.2. The van der Waals surface area contributed by atoms with Gasteiger partial charge in [-0.25, -0.2) is 13.9 Å². The van der Waals surface area contributed by atoms with Gasteiger partial charge < -0.3 is 10.1 Å². The molecule has 0 aliphatic carbocycles. The SMILES string of the molecule is COC(=O)c1ccccc1Nc1cc(C)nn1-c1c(C)cccc1F. The molecule has 3 rings (SSSR count). The second-order valence-electron chi connectivity index (χ2n) is 5.65. The van der Waals surface area contributed by atoms with E-state index in [4.69, 9.17) is 4.74 Å². The number of aryl methyl sites for hydroxylation is 2. The number of anilines is 2. The molecule has 0 saturated carbocycles. The molecule has 0 bridgehead atoms. The molecule has 0 atom stereocenters. The summed E-state index contributed by atoms with van der Waals surface area (Å²) in [5.41, 5.74) is 2.80. The number of rotatable bonds is 4. The van der Waals surface area contributed by atoms with Gasteiger partial charge in [0.05, 0.1) is 24.1 Å². The molecule has 1 heterocycles. The van der Waals surface area contributed by atoms with Crippen LogP contribution in [0.1, 0.15) is 21.6 Å². The number of hydrogen-bond acceptors (Lipinski definition) is 4. The molecule has 0 unspecified atom stereocenters. The lowest BCUT2D eigenvalue weighted by Gasteiger charge is -2.14. The Morgan fingerprint density at radius 3 is 2.64 bits per heavy atom. The van der Waals surface area contributed by atoms with Crippen molar-refractivity contribution in [2.45, 2.75) is 13.8 Å². The summed E-state index contributed by atoms with van der Waals surface area (Å²) in [6, 6.07) is 13.6. The van der Waals surface area contributed by atoms with E-state index in [1.54, 1.807) is 36.4 Å². The van der Waals surface area contributed by atoms with Crippen LogP contribution < -0.4 is 5.32 Å². The van der Waals surface area contributed by atoms with E-state index in [-0.39, 0.29) is 5.82 Å². The molecule has 0 spiro atoms. The molecule has 1 N–H and O–H groups in total. The fourth-order valence-corrected chi connectivity index (χ4v) is 2.67. The van der Waals surface area contributed by atoms with Crippen LogP contribution in [0.2, 0.25) is 0 Å². The third-order valence-electron chi connectivity index (χ3n) is 3.83. The van der Waals surface area contributed by atoms with Gasteiger partial charge in [-0.15, -0.1) is 0 Å². The number of carbonyl (C=O) groups is 1. The lowest BCUT2D eigenvalue weighted by atomic mass is 10.1. The number of hydrogen-bond donors (Lipinski definition) is 1. The maximum atomic E-state index is 14.4. The van der Waals surface area contributed by atoms with Crippen molar-refractivity contribution >= 4 is 17.5 Å². The lowest BCUT2D eigenvalue weighted by Crippen LogP contribution is -2.09. The topological polar surface area (TPSA) is 56.1 Å². The summed E-state index contributed by atoms with van der Waals surface area (Å²) in [7, 11) is 1.33. The second-order valence-corrected chi connectivity index (χ2v) is 5.65. The molecular weight excluding hydrogens is 321 g/mol. The highest BCUT2D eigenvalue weighted by Crippen LogP contribution is 2.27. The van der Waals surface area contributed by atoms with Gasteiger partial charge in [0.15, 0.2) is 0 Å². The number of esters is 1. The predicted octanol–water partition coefficient (Wildman–Crippen LogP) is 4.16. The standard InChI is InChI=1S/C19H18FN3O2/c1-12-7-6-9-15(20)18(12)23-17(11-13(2)22-23)21-16-10-5-4-8-14(16)19(24)25-3/h4-11,21H,1-3H3. The van der Waals surface area contributed by atoms with Gasteiger partial charge >= 0.3 is 5.97 Å². The summed E-state index contributed by atoms with van der Waals surface area (Å²) in [6.45, 7) is 3.64. The minimum absolute atomic E-state index is 0.368. The molecule has 1 aromatic heterocycles. The third kappa shape index (κ3) is 3.24. The summed E-state index contributed by atoms with van der Waals surface area (Å²) >= 11 is 0. The maximum absolute atomic E-state index is 14.4. The fraction of sp³-hybridized carbons (Fsp3) is 0.158. The predicted molar refractivity (Wildman–Crippen MR) is 94.1 cm³/mol. The van der Waals surface area contributed by atoms with Gasteiger partial charge in [-0.05, 0) is 37.6 Å². The number of carbonyl (C=O) groups excluding carboxylic acids is 1. The zero-order chi connectivity index (χ0) is 18.0. The molecule has 2 aromatic carbocycles. The highest BCUT2D eigenvalue weighted by Gasteiger charge is 2.17. The summed E-state index contributed by atoms with van der Waals surface area (Å²) in [6.07, 6.45) is 0. The number of ether oxygens (including phenoxy) is 1. The fourth-order valence-electron chi connectivity index (χ4n) is 2.67. The van der Waals surface area contributed by atoms with Gasteiger partial charge in [-0.1, -0.05) is 24.3 Å². The van der Waals surface area contributed by atoms with Crippen molar-refractivity contribution in [2.75, 3.05) is 12.4 Å². The minimum atomic E-state index is -0.451. The second kappa shape index (κ2) is 6.76. The van der Waals surface area contributed by atoms with E-state index in [1.807, 2.05) is 19.9 Å². The van der Waals surface area contributed by atoms with Crippen molar-refractivity contribution in [2.24, 2.45) is 0 Å². The van der Waals surface area contributed by atoms with E-state index in [2.05, 4.69) is 10.4 Å². The van der Waals surface area contributed by atoms with Crippen molar-refractivity contribution in [1.29, 1.82) is 0 Å². The zero-order valence-corrected chi connectivity index (χ0v) is 14.2. The van der Waals surface area contributed by atoms with Crippen molar-refractivity contribution in [3.8, 4) is 5.69 Å². The van der Waals surface area contributed by atoms with E-state index in [9.17, 15) is 9.18 Å². The largest absolute Gasteiger partial charge is 0.465 e. The number of aromatic nitrogens is 2. The Kier molecular flexibility index (Phi) is 4.52. The van der Waals surface area contributed by atoms with Crippen LogP contribution in [0.15, 0.2) is 48.5 Å². The monoisotopic (exact) mass is 339 g/mol. The number of benzene rings is 2. The maximum Gasteiger partial charge on any atom is 0.339 e. The van der Waals surface area contributed by atoms with E-state index in [0.717, 1.165) is 11.3 Å². The number of nitrogens with zero attached hydrogens (tertiary/aromatic N) is 2. The Hall–Kier alpha value is -3.15. The van der Waals surface area contributed by atoms with Gasteiger partial charge in [0, 0.05) is 6.07 Å². The molecule has 5 nitrogen and oxygen atoms in total. The van der Waals surface area contributed by atoms with Crippen LogP contribution in [0.25, 0.3) is 5.69 Å². The first-order valence-corrected chi connectivity index (χ1v) is 7.78. The van der Waals surface area contributed by atoms with E-state index in [0.29, 0.717) is 22.8 Å². The van der Waals surface area contributed by atoms with Crippen molar-refractivity contribution in [3.05, 3.63) is 71.2 Å². The molecule has 25 heavy (non-hydrogen) atoms. The van der Waals surface area contributed by atoms with Crippen molar-refractivity contribution in [1.82, 2.24) is 9.78 Å². The number of halogens is 1. The van der Waals surface area contributed by atoms with Crippen LogP contribution in [0, 0.1) is 19.7 Å². The Morgan fingerprint density at radius 2 is 1.92 bits per heavy atom. The van der Waals surface area contributed by atoms with Gasteiger partial charge in [-0.3, -0.25) is 0 Å². The molecule has 0 aliphatic rings. The first kappa shape index (κ1) is 16.7. The van der Waals surface area contributed by atoms with Gasteiger partial charge in [-0.2, -0.15) is 5.10 Å². The van der Waals surface area contributed by atoms with E-state index >= 15 is 0 Å². The molecule has 6 heteroatoms. The van der Waals surface area contributed by atoms with Crippen LogP contribution in [0.5, 0.6) is 0 Å². The Bertz CT molecular complexity index is 914. The van der Waals surface area contributed by atoms with Crippen LogP contribution in [-0.4, -0.2) is 22.9 Å². The van der Waals surface area contributed by atoms with Crippen LogP contribution in [-0.2, 0) is 4.74 Å². The summed E-state index contributed by atoms with van der Waals surface area (Å²) in [4.78, 5) is 11.9. The van der Waals surface area contributed by atoms with Crippen LogP contribution >= 0.6 is 0 Å². The smallest absolute Gasteiger partial charge is 0.339 e. The van der Waals surface area contributed by atoms with Crippen molar-refractivity contribution < 1.29 is 13.9 Å². The molecule has 0 saturated heterocycles. The van der Waals surface area contributed by atoms with Gasteiger partial charge in [0.1, 0.15) is 17.3 Å². The van der Waals surface area contributed by atoms with E-state index in [1.165, 1.54) is 17.9 Å². The molecule has 0 aliphatic heterocycles. The Balaban J connectivity index is 2.08. The highest BCUT2D eigenvalue weighted by molar-refractivity contribution is 5.96. The Labute approximate surface area is 145 Å². The van der Waals surface area contributed by atoms with Crippen LogP contribution in [0.4, 0.5) is 15.9 Å². The summed E-state index contributed by atoms with van der Waals surface area (Å²) in [5, 5.41) is 7.55. The van der Waals surface area contributed by atoms with E-state index < -0.39 is 5.97 Å². The highest BCUT2D eigenvalue weighted by atomic mass is 19.1. The lowest BCUT2D eigenvalue weighted by molar-refractivity contribution is 0.0602. The first-order valence-electron chi connectivity index (χ1n) is 7.78. The molecular formula is C19H18FN3O2. The molecule has 3 aromatic rings. The quantitative estimate of drug-likeness (QED) is 0.725. The molecule has 0 radical (unpaired) electrons. The third-order valence-corrected chi connectivity index (χ3v) is 3.83. The molecule has 0 amide bonds. The van der Waals surface area contributed by atoms with Crippen molar-refractivity contribution in [3.63, 3.8) is 0 Å². The average molecular weight is 339 g/mol. The Morgan fingerprint density at radius 1 is 1.16 bits per heavy atom. The van der Waals surface area contributed by atoms with Gasteiger partial charge in [0.25, 0.3) is 0 Å². The molecule has 128 valence electrons. The first-order chi connectivity index (χ1) is 12.0. The van der Waals surface area contributed by atoms with Gasteiger partial charge in [0.2, 0.25) is 0 Å². The normalized spacial score (nSPS) is 10.6.